The van der Waals surface area contributed by atoms with E-state index in [4.69, 9.17) is 19.9 Å². The molecule has 0 aromatic heterocycles. The Kier molecular flexibility index (Phi) is 4.66. The minimum absolute atomic E-state index is 0.497. The van der Waals surface area contributed by atoms with E-state index in [9.17, 15) is 0 Å². The Hall–Kier alpha value is -1.68. The van der Waals surface area contributed by atoms with Crippen molar-refractivity contribution in [3.05, 3.63) is 23.8 Å². The molecule has 88 valence electrons. The van der Waals surface area contributed by atoms with Crippen molar-refractivity contribution in [3.63, 3.8) is 0 Å². The maximum absolute atomic E-state index is 5.40. The van der Waals surface area contributed by atoms with Crippen molar-refractivity contribution in [2.45, 2.75) is 0 Å². The molecule has 1 aromatic carbocycles. The van der Waals surface area contributed by atoms with E-state index >= 15 is 0 Å². The molecule has 0 saturated carbocycles. The molecule has 0 bridgehead atoms. The van der Waals surface area contributed by atoms with Gasteiger partial charge in [0.25, 0.3) is 0 Å². The lowest BCUT2D eigenvalue weighted by Crippen LogP contribution is -1.96. The predicted octanol–water partition coefficient (Wildman–Crippen LogP) is 1.68. The molecular formula is C12H17NO3. The van der Waals surface area contributed by atoms with Gasteiger partial charge >= 0.3 is 0 Å². The average Bonchev–Trinajstić information content (AvgIpc) is 2.34. The van der Waals surface area contributed by atoms with Crippen LogP contribution in [-0.4, -0.2) is 27.9 Å². The van der Waals surface area contributed by atoms with Gasteiger partial charge in [0.05, 0.1) is 21.3 Å². The zero-order valence-corrected chi connectivity index (χ0v) is 9.82. The summed E-state index contributed by atoms with van der Waals surface area (Å²) >= 11 is 0. The molecule has 0 unspecified atom stereocenters. The molecular weight excluding hydrogens is 206 g/mol. The second-order valence-corrected chi connectivity index (χ2v) is 3.10. The third-order valence-corrected chi connectivity index (χ3v) is 2.13. The maximum atomic E-state index is 5.40. The second kappa shape index (κ2) is 6.02. The average molecular weight is 223 g/mol. The van der Waals surface area contributed by atoms with Crippen LogP contribution in [-0.2, 0) is 0 Å². The third kappa shape index (κ3) is 2.67. The van der Waals surface area contributed by atoms with Gasteiger partial charge in [-0.05, 0) is 17.7 Å². The second-order valence-electron chi connectivity index (χ2n) is 3.10. The van der Waals surface area contributed by atoms with Crippen LogP contribution in [0, 0.1) is 0 Å². The molecule has 0 aliphatic heterocycles. The lowest BCUT2D eigenvalue weighted by Gasteiger charge is -2.12. The minimum Gasteiger partial charge on any atom is -0.493 e. The zero-order valence-electron chi connectivity index (χ0n) is 9.82. The van der Waals surface area contributed by atoms with E-state index in [2.05, 4.69) is 0 Å². The number of benzene rings is 1. The molecule has 0 saturated heterocycles. The molecule has 0 heterocycles. The Morgan fingerprint density at radius 2 is 1.62 bits per heavy atom. The highest BCUT2D eigenvalue weighted by molar-refractivity contribution is 5.62. The van der Waals surface area contributed by atoms with E-state index in [0.29, 0.717) is 23.8 Å². The first-order valence-corrected chi connectivity index (χ1v) is 4.93. The van der Waals surface area contributed by atoms with Gasteiger partial charge in [0, 0.05) is 6.54 Å². The summed E-state index contributed by atoms with van der Waals surface area (Å²) in [4.78, 5) is 0. The van der Waals surface area contributed by atoms with Crippen LogP contribution in [0.25, 0.3) is 6.08 Å². The fourth-order valence-corrected chi connectivity index (χ4v) is 1.40. The Labute approximate surface area is 95.6 Å². The highest BCUT2D eigenvalue weighted by Crippen LogP contribution is 2.38. The third-order valence-electron chi connectivity index (χ3n) is 2.13. The summed E-state index contributed by atoms with van der Waals surface area (Å²) in [5, 5.41) is 0. The van der Waals surface area contributed by atoms with Gasteiger partial charge in [0.2, 0.25) is 5.75 Å². The number of methoxy groups -OCH3 is 3. The molecule has 0 atom stereocenters. The van der Waals surface area contributed by atoms with E-state index in [0.717, 1.165) is 5.56 Å². The van der Waals surface area contributed by atoms with Crippen LogP contribution in [0.3, 0.4) is 0 Å². The number of nitrogens with two attached hydrogens (primary N) is 1. The maximum Gasteiger partial charge on any atom is 0.203 e. The van der Waals surface area contributed by atoms with Crippen molar-refractivity contribution in [2.75, 3.05) is 27.9 Å². The topological polar surface area (TPSA) is 53.7 Å². The molecule has 0 fully saturated rings. The van der Waals surface area contributed by atoms with Crippen LogP contribution in [0.5, 0.6) is 17.2 Å². The van der Waals surface area contributed by atoms with Crippen molar-refractivity contribution in [1.82, 2.24) is 0 Å². The summed E-state index contributed by atoms with van der Waals surface area (Å²) < 4.78 is 15.7. The summed E-state index contributed by atoms with van der Waals surface area (Å²) in [7, 11) is 4.76. The van der Waals surface area contributed by atoms with Gasteiger partial charge in [0.1, 0.15) is 0 Å². The van der Waals surface area contributed by atoms with Gasteiger partial charge in [-0.1, -0.05) is 12.2 Å². The summed E-state index contributed by atoms with van der Waals surface area (Å²) in [6, 6.07) is 3.74. The number of ether oxygens (including phenoxy) is 3. The van der Waals surface area contributed by atoms with Crippen molar-refractivity contribution in [1.29, 1.82) is 0 Å². The van der Waals surface area contributed by atoms with Crippen molar-refractivity contribution in [2.24, 2.45) is 5.73 Å². The van der Waals surface area contributed by atoms with Crippen molar-refractivity contribution >= 4 is 6.08 Å². The van der Waals surface area contributed by atoms with Crippen LogP contribution in [0.15, 0.2) is 18.2 Å². The Morgan fingerprint density at radius 3 is 2.00 bits per heavy atom. The van der Waals surface area contributed by atoms with Gasteiger partial charge in [-0.3, -0.25) is 0 Å². The number of rotatable bonds is 5. The molecule has 1 aromatic rings. The highest BCUT2D eigenvalue weighted by Gasteiger charge is 2.11. The molecule has 0 aliphatic carbocycles. The van der Waals surface area contributed by atoms with Crippen molar-refractivity contribution < 1.29 is 14.2 Å². The molecule has 4 nitrogen and oxygen atoms in total. The quantitative estimate of drug-likeness (QED) is 0.825. The molecule has 2 N–H and O–H groups in total. The molecule has 0 radical (unpaired) electrons. The van der Waals surface area contributed by atoms with E-state index in [-0.39, 0.29) is 0 Å². The Bertz CT molecular complexity index is 350. The molecule has 0 aliphatic rings. The van der Waals surface area contributed by atoms with Gasteiger partial charge in [-0.15, -0.1) is 0 Å². The fourth-order valence-electron chi connectivity index (χ4n) is 1.40. The normalized spacial score (nSPS) is 10.5. The van der Waals surface area contributed by atoms with Gasteiger partial charge in [-0.2, -0.15) is 0 Å². The standard InChI is InChI=1S/C12H17NO3/c1-14-10-7-9(5-4-6-13)8-11(15-2)12(10)16-3/h4-5,7-8H,6,13H2,1-3H3/b5-4+. The van der Waals surface area contributed by atoms with Crippen molar-refractivity contribution in [3.8, 4) is 17.2 Å². The van der Waals surface area contributed by atoms with E-state index in [1.165, 1.54) is 0 Å². The fraction of sp³-hybridized carbons (Fsp3) is 0.333. The summed E-state index contributed by atoms with van der Waals surface area (Å²) in [6.07, 6.45) is 3.77. The van der Waals surface area contributed by atoms with Crippen LogP contribution < -0.4 is 19.9 Å². The summed E-state index contributed by atoms with van der Waals surface area (Å²) in [5.74, 6) is 1.87. The van der Waals surface area contributed by atoms with Crippen LogP contribution >= 0.6 is 0 Å². The minimum atomic E-state index is 0.497. The highest BCUT2D eigenvalue weighted by atomic mass is 16.5. The van der Waals surface area contributed by atoms with Crippen LogP contribution in [0.2, 0.25) is 0 Å². The Morgan fingerprint density at radius 1 is 1.06 bits per heavy atom. The first-order valence-electron chi connectivity index (χ1n) is 4.93. The summed E-state index contributed by atoms with van der Waals surface area (Å²) in [6.45, 7) is 0.497. The van der Waals surface area contributed by atoms with Gasteiger partial charge in [-0.25, -0.2) is 0 Å². The SMILES string of the molecule is COc1cc(/C=C/CN)cc(OC)c1OC. The molecule has 16 heavy (non-hydrogen) atoms. The van der Waals surface area contributed by atoms with Gasteiger partial charge in [0.15, 0.2) is 11.5 Å². The number of hydrogen-bond acceptors (Lipinski definition) is 4. The molecule has 1 rings (SSSR count). The van der Waals surface area contributed by atoms with E-state index in [1.54, 1.807) is 21.3 Å². The molecule has 0 spiro atoms. The van der Waals surface area contributed by atoms with Gasteiger partial charge < -0.3 is 19.9 Å². The Balaban J connectivity index is 3.20. The van der Waals surface area contributed by atoms with Crippen LogP contribution in [0.1, 0.15) is 5.56 Å². The van der Waals surface area contributed by atoms with E-state index in [1.807, 2.05) is 24.3 Å². The lowest BCUT2D eigenvalue weighted by molar-refractivity contribution is 0.324. The molecule has 4 heteroatoms. The monoisotopic (exact) mass is 223 g/mol. The smallest absolute Gasteiger partial charge is 0.203 e. The zero-order chi connectivity index (χ0) is 12.0. The largest absolute Gasteiger partial charge is 0.493 e. The predicted molar refractivity (Wildman–Crippen MR) is 64.2 cm³/mol. The first kappa shape index (κ1) is 12.4. The summed E-state index contributed by atoms with van der Waals surface area (Å²) in [5.41, 5.74) is 6.36. The number of hydrogen-bond donors (Lipinski definition) is 1. The lowest BCUT2D eigenvalue weighted by atomic mass is 10.1. The van der Waals surface area contributed by atoms with Crippen LogP contribution in [0.4, 0.5) is 0 Å². The van der Waals surface area contributed by atoms with E-state index < -0.39 is 0 Å². The molecule has 0 amide bonds. The first-order chi connectivity index (χ1) is 7.76.